The van der Waals surface area contributed by atoms with E-state index in [1.807, 2.05) is 30.3 Å². The average Bonchev–Trinajstić information content (AvgIpc) is 2.78. The lowest BCUT2D eigenvalue weighted by atomic mass is 10.1. The fourth-order valence-corrected chi connectivity index (χ4v) is 2.93. The van der Waals surface area contributed by atoms with Gasteiger partial charge in [-0.25, -0.2) is 4.79 Å². The van der Waals surface area contributed by atoms with Crippen molar-refractivity contribution >= 4 is 28.5 Å². The van der Waals surface area contributed by atoms with Crippen molar-refractivity contribution < 1.29 is 24.0 Å². The summed E-state index contributed by atoms with van der Waals surface area (Å²) in [5.41, 5.74) is 0.365. The van der Waals surface area contributed by atoms with E-state index in [0.29, 0.717) is 18.8 Å². The Morgan fingerprint density at radius 2 is 1.90 bits per heavy atom. The number of nitrogens with one attached hydrogen (secondary N) is 1. The smallest absolute Gasteiger partial charge is 0.338 e. The number of nitro benzene ring substituents is 1. The largest absolute Gasteiger partial charge is 0.491 e. The number of aromatic nitrogens is 1. The number of amides is 1. The molecule has 1 heterocycles. The van der Waals surface area contributed by atoms with E-state index in [0.717, 1.165) is 23.0 Å². The van der Waals surface area contributed by atoms with Crippen molar-refractivity contribution in [1.82, 2.24) is 10.3 Å². The number of rotatable bonds is 9. The van der Waals surface area contributed by atoms with E-state index in [4.69, 9.17) is 9.47 Å². The van der Waals surface area contributed by atoms with Gasteiger partial charge in [0, 0.05) is 35.8 Å². The van der Waals surface area contributed by atoms with E-state index in [1.165, 1.54) is 6.07 Å². The Labute approximate surface area is 178 Å². The summed E-state index contributed by atoms with van der Waals surface area (Å²) >= 11 is 0. The Hall–Kier alpha value is -4.01. The summed E-state index contributed by atoms with van der Waals surface area (Å²) in [4.78, 5) is 39.1. The number of carbonyl (C=O) groups excluding carboxylic acids is 2. The Bertz CT molecular complexity index is 1110. The first-order chi connectivity index (χ1) is 15.0. The highest BCUT2D eigenvalue weighted by molar-refractivity contribution is 5.99. The van der Waals surface area contributed by atoms with Gasteiger partial charge in [0.1, 0.15) is 11.3 Å². The molecule has 0 aliphatic carbocycles. The number of fused-ring (bicyclic) bond motifs is 1. The SMILES string of the molecule is CCOC(=O)c1cc(C(=O)NCCCOc2cccc3cccnc23)cc([N+](=O)[O-])c1. The zero-order valence-corrected chi connectivity index (χ0v) is 16.9. The van der Waals surface area contributed by atoms with Crippen molar-refractivity contribution in [3.8, 4) is 5.75 Å². The Morgan fingerprint density at radius 1 is 1.13 bits per heavy atom. The van der Waals surface area contributed by atoms with Crippen LogP contribution in [0.2, 0.25) is 0 Å². The number of hydrogen-bond donors (Lipinski definition) is 1. The predicted octanol–water partition coefficient (Wildman–Crippen LogP) is 3.52. The van der Waals surface area contributed by atoms with Crippen LogP contribution in [0.5, 0.6) is 5.75 Å². The van der Waals surface area contributed by atoms with E-state index >= 15 is 0 Å². The lowest BCUT2D eigenvalue weighted by Crippen LogP contribution is -2.26. The van der Waals surface area contributed by atoms with E-state index < -0.39 is 16.8 Å². The Balaban J connectivity index is 1.58. The number of hydrogen-bond acceptors (Lipinski definition) is 7. The molecule has 1 N–H and O–H groups in total. The van der Waals surface area contributed by atoms with Gasteiger partial charge < -0.3 is 14.8 Å². The molecule has 3 aromatic rings. The molecule has 0 saturated carbocycles. The zero-order chi connectivity index (χ0) is 22.2. The van der Waals surface area contributed by atoms with Gasteiger partial charge in [-0.05, 0) is 31.5 Å². The van der Waals surface area contributed by atoms with Crippen LogP contribution in [0.3, 0.4) is 0 Å². The van der Waals surface area contributed by atoms with E-state index in [1.54, 1.807) is 13.1 Å². The van der Waals surface area contributed by atoms with Crippen molar-refractivity contribution in [3.05, 3.63) is 76.0 Å². The summed E-state index contributed by atoms with van der Waals surface area (Å²) in [6.45, 7) is 2.38. The minimum absolute atomic E-state index is 0.0106. The number of para-hydroxylation sites is 1. The molecule has 2 aromatic carbocycles. The third-order valence-corrected chi connectivity index (χ3v) is 4.36. The van der Waals surface area contributed by atoms with Gasteiger partial charge in [0.15, 0.2) is 0 Å². The van der Waals surface area contributed by atoms with Crippen LogP contribution in [0.25, 0.3) is 10.9 Å². The van der Waals surface area contributed by atoms with Crippen LogP contribution >= 0.6 is 0 Å². The molecule has 0 aliphatic rings. The zero-order valence-electron chi connectivity index (χ0n) is 16.9. The molecular formula is C22H21N3O6. The predicted molar refractivity (Wildman–Crippen MR) is 113 cm³/mol. The van der Waals surface area contributed by atoms with Crippen LogP contribution in [0.15, 0.2) is 54.7 Å². The summed E-state index contributed by atoms with van der Waals surface area (Å²) < 4.78 is 10.6. The van der Waals surface area contributed by atoms with Crippen LogP contribution in [0, 0.1) is 10.1 Å². The molecule has 0 spiro atoms. The van der Waals surface area contributed by atoms with Crippen LogP contribution in [-0.4, -0.2) is 41.5 Å². The van der Waals surface area contributed by atoms with Crippen molar-refractivity contribution in [2.45, 2.75) is 13.3 Å². The maximum Gasteiger partial charge on any atom is 0.338 e. The van der Waals surface area contributed by atoms with Gasteiger partial charge in [0.05, 0.1) is 23.7 Å². The summed E-state index contributed by atoms with van der Waals surface area (Å²) in [5, 5.41) is 14.8. The lowest BCUT2D eigenvalue weighted by molar-refractivity contribution is -0.384. The standard InChI is InChI=1S/C22H21N3O6/c1-2-30-22(27)17-12-16(13-18(14-17)25(28)29)21(26)24-10-5-11-31-19-8-3-6-15-7-4-9-23-20(15)19/h3-4,6-9,12-14H,2,5,10-11H2,1H3,(H,24,26). The van der Waals surface area contributed by atoms with Crippen LogP contribution in [-0.2, 0) is 4.74 Å². The van der Waals surface area contributed by atoms with Gasteiger partial charge in [0.2, 0.25) is 0 Å². The second-order valence-corrected chi connectivity index (χ2v) is 6.54. The van der Waals surface area contributed by atoms with Gasteiger partial charge in [0.25, 0.3) is 11.6 Å². The second kappa shape index (κ2) is 10.1. The maximum atomic E-state index is 12.4. The number of ether oxygens (including phenoxy) is 2. The normalized spacial score (nSPS) is 10.5. The number of nitro groups is 1. The van der Waals surface area contributed by atoms with E-state index in [2.05, 4.69) is 10.3 Å². The van der Waals surface area contributed by atoms with Gasteiger partial charge in [-0.3, -0.25) is 19.9 Å². The van der Waals surface area contributed by atoms with Crippen molar-refractivity contribution in [3.63, 3.8) is 0 Å². The van der Waals surface area contributed by atoms with Crippen molar-refractivity contribution in [2.24, 2.45) is 0 Å². The molecule has 0 fully saturated rings. The monoisotopic (exact) mass is 423 g/mol. The number of pyridine rings is 1. The number of non-ortho nitro benzene ring substituents is 1. The van der Waals surface area contributed by atoms with Gasteiger partial charge >= 0.3 is 5.97 Å². The quantitative estimate of drug-likeness (QED) is 0.242. The van der Waals surface area contributed by atoms with Gasteiger partial charge in [-0.15, -0.1) is 0 Å². The average molecular weight is 423 g/mol. The van der Waals surface area contributed by atoms with E-state index in [-0.39, 0.29) is 30.0 Å². The van der Waals surface area contributed by atoms with Gasteiger partial charge in [-0.2, -0.15) is 0 Å². The fourth-order valence-electron chi connectivity index (χ4n) is 2.93. The Kier molecular flexibility index (Phi) is 7.10. The van der Waals surface area contributed by atoms with Crippen LogP contribution in [0.1, 0.15) is 34.1 Å². The first-order valence-electron chi connectivity index (χ1n) is 9.71. The number of esters is 1. The molecule has 160 valence electrons. The molecule has 0 aliphatic heterocycles. The van der Waals surface area contributed by atoms with Crippen LogP contribution < -0.4 is 10.1 Å². The van der Waals surface area contributed by atoms with Crippen LogP contribution in [0.4, 0.5) is 5.69 Å². The van der Waals surface area contributed by atoms with Gasteiger partial charge in [-0.1, -0.05) is 18.2 Å². The fraction of sp³-hybridized carbons (Fsp3) is 0.227. The number of carbonyl (C=O) groups is 2. The minimum Gasteiger partial charge on any atom is -0.491 e. The molecule has 3 rings (SSSR count). The molecule has 0 atom stereocenters. The molecule has 0 radical (unpaired) electrons. The second-order valence-electron chi connectivity index (χ2n) is 6.54. The van der Waals surface area contributed by atoms with Crippen molar-refractivity contribution in [1.29, 1.82) is 0 Å². The highest BCUT2D eigenvalue weighted by Gasteiger charge is 2.18. The highest BCUT2D eigenvalue weighted by atomic mass is 16.6. The summed E-state index contributed by atoms with van der Waals surface area (Å²) in [6, 6.07) is 12.9. The molecule has 0 saturated heterocycles. The molecule has 0 bridgehead atoms. The molecule has 1 amide bonds. The molecule has 9 nitrogen and oxygen atoms in total. The minimum atomic E-state index is -0.725. The first-order valence-corrected chi connectivity index (χ1v) is 9.71. The summed E-state index contributed by atoms with van der Waals surface area (Å²) in [5.74, 6) is -0.597. The third-order valence-electron chi connectivity index (χ3n) is 4.36. The molecular weight excluding hydrogens is 402 g/mol. The molecule has 9 heteroatoms. The Morgan fingerprint density at radius 3 is 2.68 bits per heavy atom. The maximum absolute atomic E-state index is 12.4. The molecule has 31 heavy (non-hydrogen) atoms. The number of benzene rings is 2. The van der Waals surface area contributed by atoms with Crippen molar-refractivity contribution in [2.75, 3.05) is 19.8 Å². The first kappa shape index (κ1) is 21.7. The molecule has 1 aromatic heterocycles. The number of nitrogens with zero attached hydrogens (tertiary/aromatic N) is 2. The third kappa shape index (κ3) is 5.53. The summed E-state index contributed by atoms with van der Waals surface area (Å²) in [6.07, 6.45) is 2.20. The lowest BCUT2D eigenvalue weighted by Gasteiger charge is -2.10. The highest BCUT2D eigenvalue weighted by Crippen LogP contribution is 2.23. The summed E-state index contributed by atoms with van der Waals surface area (Å²) in [7, 11) is 0. The topological polar surface area (TPSA) is 121 Å². The van der Waals surface area contributed by atoms with E-state index in [9.17, 15) is 19.7 Å². The molecule has 0 unspecified atom stereocenters.